The predicted molar refractivity (Wildman–Crippen MR) is 74.8 cm³/mol. The molecule has 1 N–H and O–H groups in total. The molecule has 1 saturated heterocycles. The number of carbonyl (C=O) groups is 2. The molecule has 1 aliphatic heterocycles. The van der Waals surface area contributed by atoms with Crippen molar-refractivity contribution < 1.29 is 9.59 Å². The summed E-state index contributed by atoms with van der Waals surface area (Å²) in [7, 11) is 0. The number of hydrogen-bond acceptors (Lipinski definition) is 2. The molecule has 0 aromatic rings. The largest absolute Gasteiger partial charge is 0.340 e. The normalized spacial score (nSPS) is 44.5. The second-order valence-corrected chi connectivity index (χ2v) is 7.25. The van der Waals surface area contributed by atoms with Gasteiger partial charge in [0.05, 0.1) is 6.54 Å². The second-order valence-electron chi connectivity index (χ2n) is 7.25. The summed E-state index contributed by atoms with van der Waals surface area (Å²) in [5.74, 6) is 3.33. The Balaban J connectivity index is 1.59. The van der Waals surface area contributed by atoms with Gasteiger partial charge in [-0.1, -0.05) is 13.8 Å². The number of rotatable bonds is 3. The fraction of sp³-hybridized carbons (Fsp3) is 0.875. The lowest BCUT2D eigenvalue weighted by Gasteiger charge is -2.42. The third-order valence-electron chi connectivity index (χ3n) is 6.62. The Morgan fingerprint density at radius 2 is 1.75 bits per heavy atom. The summed E-state index contributed by atoms with van der Waals surface area (Å²) in [5.41, 5.74) is -0.634. The molecular weight excluding hydrogens is 252 g/mol. The molecule has 4 rings (SSSR count). The van der Waals surface area contributed by atoms with Crippen LogP contribution in [0.1, 0.15) is 46.0 Å². The quantitative estimate of drug-likeness (QED) is 0.850. The first-order valence-electron chi connectivity index (χ1n) is 8.23. The van der Waals surface area contributed by atoms with E-state index < -0.39 is 5.54 Å². The first-order chi connectivity index (χ1) is 9.61. The molecule has 4 nitrogen and oxygen atoms in total. The Morgan fingerprint density at radius 3 is 2.30 bits per heavy atom. The van der Waals surface area contributed by atoms with Crippen LogP contribution < -0.4 is 5.32 Å². The highest BCUT2D eigenvalue weighted by Crippen LogP contribution is 2.67. The maximum Gasteiger partial charge on any atom is 0.249 e. The van der Waals surface area contributed by atoms with E-state index in [0.29, 0.717) is 18.9 Å². The van der Waals surface area contributed by atoms with Gasteiger partial charge in [-0.05, 0) is 55.8 Å². The van der Waals surface area contributed by atoms with E-state index in [1.54, 1.807) is 0 Å². The molecule has 3 aliphatic carbocycles. The van der Waals surface area contributed by atoms with E-state index >= 15 is 0 Å². The third-order valence-corrected chi connectivity index (χ3v) is 6.62. The van der Waals surface area contributed by atoms with Crippen molar-refractivity contribution in [3.05, 3.63) is 0 Å². The molecule has 0 spiro atoms. The van der Waals surface area contributed by atoms with Crippen LogP contribution in [-0.4, -0.2) is 34.8 Å². The molecular formula is C16H24N2O2. The Bertz CT molecular complexity index is 455. The Kier molecular flexibility index (Phi) is 2.52. The SMILES string of the molecule is CCC1(CC)NC(=O)CN(C2C3C4CCC(C4)C32)C1=O. The van der Waals surface area contributed by atoms with Gasteiger partial charge in [-0.25, -0.2) is 0 Å². The zero-order valence-electron chi connectivity index (χ0n) is 12.4. The minimum absolute atomic E-state index is 0.0330. The van der Waals surface area contributed by atoms with Crippen LogP contribution in [0.5, 0.6) is 0 Å². The van der Waals surface area contributed by atoms with Crippen LogP contribution in [0.15, 0.2) is 0 Å². The van der Waals surface area contributed by atoms with E-state index in [9.17, 15) is 9.59 Å². The van der Waals surface area contributed by atoms with Gasteiger partial charge in [-0.15, -0.1) is 0 Å². The van der Waals surface area contributed by atoms with Crippen LogP contribution in [0.25, 0.3) is 0 Å². The second kappa shape index (κ2) is 3.99. The van der Waals surface area contributed by atoms with Crippen molar-refractivity contribution in [3.8, 4) is 0 Å². The van der Waals surface area contributed by atoms with Crippen LogP contribution >= 0.6 is 0 Å². The molecule has 0 radical (unpaired) electrons. The van der Waals surface area contributed by atoms with E-state index in [-0.39, 0.29) is 18.4 Å². The third kappa shape index (κ3) is 1.43. The number of fused-ring (bicyclic) bond motifs is 5. The molecule has 3 saturated carbocycles. The molecule has 1 heterocycles. The first-order valence-corrected chi connectivity index (χ1v) is 8.23. The Morgan fingerprint density at radius 1 is 1.15 bits per heavy atom. The molecule has 4 atom stereocenters. The number of hydrogen-bond donors (Lipinski definition) is 1. The topological polar surface area (TPSA) is 49.4 Å². The number of piperazine rings is 1. The van der Waals surface area contributed by atoms with Gasteiger partial charge in [0.2, 0.25) is 11.8 Å². The van der Waals surface area contributed by atoms with E-state index in [4.69, 9.17) is 0 Å². The maximum absolute atomic E-state index is 12.9. The number of amides is 2. The molecule has 20 heavy (non-hydrogen) atoms. The molecule has 110 valence electrons. The van der Waals surface area contributed by atoms with Crippen LogP contribution in [0.2, 0.25) is 0 Å². The van der Waals surface area contributed by atoms with Crippen LogP contribution in [0, 0.1) is 23.7 Å². The van der Waals surface area contributed by atoms with Gasteiger partial charge in [0.25, 0.3) is 0 Å². The minimum Gasteiger partial charge on any atom is -0.340 e. The molecule has 4 fully saturated rings. The van der Waals surface area contributed by atoms with Gasteiger partial charge in [0.1, 0.15) is 5.54 Å². The Hall–Kier alpha value is -1.06. The summed E-state index contributed by atoms with van der Waals surface area (Å²) in [6.45, 7) is 4.29. The fourth-order valence-electron chi connectivity index (χ4n) is 5.53. The highest BCUT2D eigenvalue weighted by molar-refractivity contribution is 5.98. The van der Waals surface area contributed by atoms with Crippen LogP contribution in [0.4, 0.5) is 0 Å². The Labute approximate surface area is 120 Å². The van der Waals surface area contributed by atoms with Crippen molar-refractivity contribution in [2.24, 2.45) is 23.7 Å². The molecule has 4 heteroatoms. The molecule has 4 aliphatic rings. The lowest BCUT2D eigenvalue weighted by atomic mass is 9.88. The van der Waals surface area contributed by atoms with Crippen molar-refractivity contribution >= 4 is 11.8 Å². The van der Waals surface area contributed by atoms with E-state index in [1.807, 2.05) is 18.7 Å². The summed E-state index contributed by atoms with van der Waals surface area (Å²) in [6.07, 6.45) is 5.47. The first kappa shape index (κ1) is 12.7. The molecule has 0 aromatic carbocycles. The zero-order valence-corrected chi connectivity index (χ0v) is 12.4. The van der Waals surface area contributed by atoms with Gasteiger partial charge in [-0.3, -0.25) is 9.59 Å². The molecule has 2 amide bonds. The fourth-order valence-corrected chi connectivity index (χ4v) is 5.53. The number of nitrogens with one attached hydrogen (secondary N) is 1. The summed E-state index contributed by atoms with van der Waals surface area (Å²) < 4.78 is 0. The van der Waals surface area contributed by atoms with Gasteiger partial charge in [0, 0.05) is 6.04 Å². The standard InChI is InChI=1S/C16H24N2O2/c1-3-16(4-2)15(20)18(8-11(19)17-16)14-12-9-5-6-10(7-9)13(12)14/h9-10,12-14H,3-8H2,1-2H3,(H,17,19). The van der Waals surface area contributed by atoms with Crippen LogP contribution in [-0.2, 0) is 9.59 Å². The zero-order chi connectivity index (χ0) is 14.1. The predicted octanol–water partition coefficient (Wildman–Crippen LogP) is 1.55. The van der Waals surface area contributed by atoms with Gasteiger partial charge >= 0.3 is 0 Å². The smallest absolute Gasteiger partial charge is 0.249 e. The van der Waals surface area contributed by atoms with Crippen molar-refractivity contribution in [1.29, 1.82) is 0 Å². The van der Waals surface area contributed by atoms with Crippen molar-refractivity contribution in [2.75, 3.05) is 6.54 Å². The highest BCUT2D eigenvalue weighted by Gasteiger charge is 2.68. The molecule has 2 bridgehead atoms. The number of nitrogens with zero attached hydrogens (tertiary/aromatic N) is 1. The lowest BCUT2D eigenvalue weighted by molar-refractivity contribution is -0.151. The highest BCUT2D eigenvalue weighted by atomic mass is 16.2. The van der Waals surface area contributed by atoms with E-state index in [0.717, 1.165) is 23.7 Å². The van der Waals surface area contributed by atoms with Gasteiger partial charge < -0.3 is 10.2 Å². The van der Waals surface area contributed by atoms with Gasteiger partial charge in [-0.2, -0.15) is 0 Å². The lowest BCUT2D eigenvalue weighted by Crippen LogP contribution is -2.67. The number of carbonyl (C=O) groups excluding carboxylic acids is 2. The van der Waals surface area contributed by atoms with Crippen molar-refractivity contribution in [2.45, 2.75) is 57.5 Å². The summed E-state index contributed by atoms with van der Waals surface area (Å²) >= 11 is 0. The monoisotopic (exact) mass is 276 g/mol. The minimum atomic E-state index is -0.634. The van der Waals surface area contributed by atoms with Gasteiger partial charge in [0.15, 0.2) is 0 Å². The molecule has 0 aromatic heterocycles. The summed E-state index contributed by atoms with van der Waals surface area (Å²) in [5, 5.41) is 2.97. The summed E-state index contributed by atoms with van der Waals surface area (Å²) in [6, 6.07) is 0.386. The average molecular weight is 276 g/mol. The van der Waals surface area contributed by atoms with E-state index in [2.05, 4.69) is 5.32 Å². The summed E-state index contributed by atoms with van der Waals surface area (Å²) in [4.78, 5) is 26.9. The van der Waals surface area contributed by atoms with Crippen LogP contribution in [0.3, 0.4) is 0 Å². The van der Waals surface area contributed by atoms with E-state index in [1.165, 1.54) is 19.3 Å². The van der Waals surface area contributed by atoms with Crippen molar-refractivity contribution in [3.63, 3.8) is 0 Å². The van der Waals surface area contributed by atoms with Crippen molar-refractivity contribution in [1.82, 2.24) is 10.2 Å². The average Bonchev–Trinajstić information content (AvgIpc) is 2.87. The molecule has 4 unspecified atom stereocenters. The maximum atomic E-state index is 12.9.